The van der Waals surface area contributed by atoms with Gasteiger partial charge in [-0.1, -0.05) is 29.8 Å². The average Bonchev–Trinajstić information content (AvgIpc) is 3.27. The van der Waals surface area contributed by atoms with Gasteiger partial charge in [-0.15, -0.1) is 11.3 Å². The second-order valence-electron chi connectivity index (χ2n) is 5.85. The van der Waals surface area contributed by atoms with E-state index in [-0.39, 0.29) is 5.91 Å². The monoisotopic (exact) mass is 364 g/mol. The Morgan fingerprint density at radius 2 is 2.04 bits per heavy atom. The van der Waals surface area contributed by atoms with Gasteiger partial charge in [-0.3, -0.25) is 10.1 Å². The minimum Gasteiger partial charge on any atom is -0.493 e. The molecule has 0 spiro atoms. The molecule has 0 saturated carbocycles. The van der Waals surface area contributed by atoms with E-state index in [0.29, 0.717) is 33.5 Å². The van der Waals surface area contributed by atoms with Crippen LogP contribution in [-0.2, 0) is 0 Å². The fourth-order valence-corrected chi connectivity index (χ4v) is 3.42. The number of para-hydroxylation sites is 1. The third kappa shape index (κ3) is 3.07. The molecule has 0 aliphatic carbocycles. The van der Waals surface area contributed by atoms with Gasteiger partial charge in [-0.05, 0) is 31.2 Å². The van der Waals surface area contributed by atoms with Crippen LogP contribution in [0.2, 0.25) is 0 Å². The Hall–Kier alpha value is -3.12. The number of rotatable bonds is 4. The van der Waals surface area contributed by atoms with Crippen LogP contribution in [0.1, 0.15) is 15.9 Å². The summed E-state index contributed by atoms with van der Waals surface area (Å²) < 4.78 is 11.2. The molecule has 26 heavy (non-hydrogen) atoms. The lowest BCUT2D eigenvalue weighted by Gasteiger charge is -2.02. The molecule has 4 aromatic rings. The lowest BCUT2D eigenvalue weighted by molar-refractivity contribution is 0.102. The molecule has 1 N–H and O–H groups in total. The maximum atomic E-state index is 12.4. The molecule has 0 fully saturated rings. The van der Waals surface area contributed by atoms with Crippen molar-refractivity contribution in [3.63, 3.8) is 0 Å². The van der Waals surface area contributed by atoms with Gasteiger partial charge in [0.05, 0.1) is 7.11 Å². The zero-order chi connectivity index (χ0) is 18.1. The van der Waals surface area contributed by atoms with Gasteiger partial charge in [0.2, 0.25) is 0 Å². The summed E-state index contributed by atoms with van der Waals surface area (Å²) >= 11 is 1.36. The summed E-state index contributed by atoms with van der Waals surface area (Å²) in [6.45, 7) is 1.95. The van der Waals surface area contributed by atoms with Gasteiger partial charge >= 0.3 is 0 Å². The smallest absolute Gasteiger partial charge is 0.257 e. The maximum absolute atomic E-state index is 12.4. The number of aromatic nitrogens is 1. The lowest BCUT2D eigenvalue weighted by Crippen LogP contribution is -2.11. The Labute approximate surface area is 154 Å². The third-order valence-electron chi connectivity index (χ3n) is 3.99. The van der Waals surface area contributed by atoms with E-state index in [1.165, 1.54) is 11.3 Å². The molecule has 6 heteroatoms. The summed E-state index contributed by atoms with van der Waals surface area (Å²) in [6, 6.07) is 15.1. The van der Waals surface area contributed by atoms with Crippen molar-refractivity contribution in [2.75, 3.05) is 12.4 Å². The molecule has 2 heterocycles. The highest BCUT2D eigenvalue weighted by molar-refractivity contribution is 7.14. The van der Waals surface area contributed by atoms with E-state index < -0.39 is 0 Å². The van der Waals surface area contributed by atoms with Crippen molar-refractivity contribution in [2.24, 2.45) is 0 Å². The van der Waals surface area contributed by atoms with Crippen molar-refractivity contribution < 1.29 is 13.9 Å². The van der Waals surface area contributed by atoms with Gasteiger partial charge in [0, 0.05) is 16.3 Å². The van der Waals surface area contributed by atoms with E-state index in [9.17, 15) is 4.79 Å². The van der Waals surface area contributed by atoms with Crippen molar-refractivity contribution in [3.8, 4) is 17.2 Å². The van der Waals surface area contributed by atoms with Crippen LogP contribution in [0.3, 0.4) is 0 Å². The molecule has 5 nitrogen and oxygen atoms in total. The number of hydrogen-bond donors (Lipinski definition) is 1. The van der Waals surface area contributed by atoms with Crippen LogP contribution in [-0.4, -0.2) is 18.0 Å². The van der Waals surface area contributed by atoms with Gasteiger partial charge < -0.3 is 9.15 Å². The number of fused-ring (bicyclic) bond motifs is 1. The number of anilines is 1. The average molecular weight is 364 g/mol. The van der Waals surface area contributed by atoms with E-state index in [1.807, 2.05) is 54.8 Å². The van der Waals surface area contributed by atoms with Crippen LogP contribution in [0, 0.1) is 6.92 Å². The second kappa shape index (κ2) is 6.65. The summed E-state index contributed by atoms with van der Waals surface area (Å²) in [5.41, 5.74) is 3.00. The number of carbonyl (C=O) groups excluding carboxylic acids is 1. The van der Waals surface area contributed by atoms with E-state index in [4.69, 9.17) is 9.15 Å². The maximum Gasteiger partial charge on any atom is 0.257 e. The number of thiazole rings is 1. The highest BCUT2D eigenvalue weighted by Crippen LogP contribution is 2.34. The van der Waals surface area contributed by atoms with E-state index >= 15 is 0 Å². The first-order valence-electron chi connectivity index (χ1n) is 8.04. The first kappa shape index (κ1) is 16.4. The van der Waals surface area contributed by atoms with Gasteiger partial charge in [-0.25, -0.2) is 4.98 Å². The molecule has 0 radical (unpaired) electrons. The standard InChI is InChI=1S/C20H16N2O3S/c1-12-5-3-7-14(9-12)19(23)22-20-21-15(11-26-20)17-10-13-6-4-8-16(24-2)18(13)25-17/h3-11H,1-2H3,(H,21,22,23). The largest absolute Gasteiger partial charge is 0.493 e. The van der Waals surface area contributed by atoms with Crippen LogP contribution >= 0.6 is 11.3 Å². The van der Waals surface area contributed by atoms with Crippen molar-refractivity contribution >= 4 is 33.3 Å². The molecule has 0 unspecified atom stereocenters. The molecule has 0 saturated heterocycles. The highest BCUT2D eigenvalue weighted by atomic mass is 32.1. The highest BCUT2D eigenvalue weighted by Gasteiger charge is 2.14. The quantitative estimate of drug-likeness (QED) is 0.545. The second-order valence-corrected chi connectivity index (χ2v) is 6.71. The van der Waals surface area contributed by atoms with Crippen molar-refractivity contribution in [1.82, 2.24) is 4.98 Å². The molecule has 1 amide bonds. The SMILES string of the molecule is COc1cccc2cc(-c3csc(NC(=O)c4cccc(C)c4)n3)oc12. The van der Waals surface area contributed by atoms with Gasteiger partial charge in [-0.2, -0.15) is 0 Å². The van der Waals surface area contributed by atoms with E-state index in [0.717, 1.165) is 10.9 Å². The molecule has 0 aliphatic heterocycles. The van der Waals surface area contributed by atoms with Crippen molar-refractivity contribution in [2.45, 2.75) is 6.92 Å². The summed E-state index contributed by atoms with van der Waals surface area (Å²) in [5, 5.41) is 6.16. The number of aryl methyl sites for hydroxylation is 1. The molecule has 0 aliphatic rings. The number of nitrogens with zero attached hydrogens (tertiary/aromatic N) is 1. The lowest BCUT2D eigenvalue weighted by atomic mass is 10.1. The number of amides is 1. The Morgan fingerprint density at radius 1 is 1.19 bits per heavy atom. The predicted octanol–water partition coefficient (Wildman–Crippen LogP) is 5.13. The minimum atomic E-state index is -0.180. The van der Waals surface area contributed by atoms with E-state index in [2.05, 4.69) is 10.3 Å². The minimum absolute atomic E-state index is 0.180. The molecular weight excluding hydrogens is 348 g/mol. The number of benzene rings is 2. The van der Waals surface area contributed by atoms with Crippen molar-refractivity contribution in [1.29, 1.82) is 0 Å². The Morgan fingerprint density at radius 3 is 2.85 bits per heavy atom. The third-order valence-corrected chi connectivity index (χ3v) is 4.74. The first-order valence-corrected chi connectivity index (χ1v) is 8.92. The predicted molar refractivity (Wildman–Crippen MR) is 103 cm³/mol. The Kier molecular flexibility index (Phi) is 4.18. The van der Waals surface area contributed by atoms with Crippen LogP contribution < -0.4 is 10.1 Å². The summed E-state index contributed by atoms with van der Waals surface area (Å²) in [6.07, 6.45) is 0. The molecule has 2 aromatic carbocycles. The molecule has 0 bridgehead atoms. The van der Waals surface area contributed by atoms with Gasteiger partial charge in [0.1, 0.15) is 5.69 Å². The first-order chi connectivity index (χ1) is 12.6. The number of methoxy groups -OCH3 is 1. The summed E-state index contributed by atoms with van der Waals surface area (Å²) in [7, 11) is 1.61. The molecule has 0 atom stereocenters. The Bertz CT molecular complexity index is 1100. The number of ether oxygens (including phenoxy) is 1. The van der Waals surface area contributed by atoms with Gasteiger partial charge in [0.15, 0.2) is 22.2 Å². The fourth-order valence-electron chi connectivity index (χ4n) is 2.72. The normalized spacial score (nSPS) is 10.8. The van der Waals surface area contributed by atoms with Crippen LogP contribution in [0.5, 0.6) is 5.75 Å². The molecular formula is C20H16N2O3S. The molecule has 130 valence electrons. The van der Waals surface area contributed by atoms with Crippen LogP contribution in [0.4, 0.5) is 5.13 Å². The van der Waals surface area contributed by atoms with Crippen molar-refractivity contribution in [3.05, 3.63) is 65.0 Å². The van der Waals surface area contributed by atoms with E-state index in [1.54, 1.807) is 13.2 Å². The zero-order valence-electron chi connectivity index (χ0n) is 14.3. The Balaban J connectivity index is 1.59. The topological polar surface area (TPSA) is 64.4 Å². The number of nitrogens with one attached hydrogen (secondary N) is 1. The molecule has 4 rings (SSSR count). The van der Waals surface area contributed by atoms with Gasteiger partial charge in [0.25, 0.3) is 5.91 Å². The number of hydrogen-bond acceptors (Lipinski definition) is 5. The summed E-state index contributed by atoms with van der Waals surface area (Å²) in [5.74, 6) is 1.13. The number of furan rings is 1. The number of carbonyl (C=O) groups is 1. The summed E-state index contributed by atoms with van der Waals surface area (Å²) in [4.78, 5) is 16.8. The van der Waals surface area contributed by atoms with Crippen LogP contribution in [0.25, 0.3) is 22.4 Å². The zero-order valence-corrected chi connectivity index (χ0v) is 15.1. The fraction of sp³-hybridized carbons (Fsp3) is 0.100. The van der Waals surface area contributed by atoms with Crippen LogP contribution in [0.15, 0.2) is 58.3 Å². The molecule has 2 aromatic heterocycles.